The molecule has 1 amide bonds. The van der Waals surface area contributed by atoms with Crippen molar-refractivity contribution in [3.05, 3.63) is 53.6 Å². The van der Waals surface area contributed by atoms with E-state index >= 15 is 0 Å². The number of carbonyl (C=O) groups is 1. The zero-order chi connectivity index (χ0) is 17.7. The van der Waals surface area contributed by atoms with E-state index in [4.69, 9.17) is 10.8 Å². The number of ether oxygens (including phenoxy) is 1. The fourth-order valence-corrected chi connectivity index (χ4v) is 1.75. The Labute approximate surface area is 134 Å². The summed E-state index contributed by atoms with van der Waals surface area (Å²) in [4.78, 5) is 10.6. The SMILES string of the molecule is Nc1cc(C#Cc2ccc(OC(F)(F)F)cc2)ccc1NC(=O)O. The normalized spacial score (nSPS) is 10.5. The van der Waals surface area contributed by atoms with Crippen LogP contribution in [0.15, 0.2) is 42.5 Å². The number of alkyl halides is 3. The molecule has 0 aromatic heterocycles. The minimum atomic E-state index is -4.74. The van der Waals surface area contributed by atoms with Crippen LogP contribution in [0.25, 0.3) is 0 Å². The van der Waals surface area contributed by atoms with Gasteiger partial charge in [-0.15, -0.1) is 13.2 Å². The monoisotopic (exact) mass is 336 g/mol. The number of nitrogens with two attached hydrogens (primary N) is 1. The topological polar surface area (TPSA) is 84.6 Å². The highest BCUT2D eigenvalue weighted by molar-refractivity contribution is 5.87. The Bertz CT molecular complexity index is 806. The first kappa shape index (κ1) is 17.0. The van der Waals surface area contributed by atoms with E-state index in [9.17, 15) is 18.0 Å². The van der Waals surface area contributed by atoms with E-state index in [1.807, 2.05) is 0 Å². The van der Waals surface area contributed by atoms with Gasteiger partial charge in [-0.3, -0.25) is 5.32 Å². The van der Waals surface area contributed by atoms with Gasteiger partial charge >= 0.3 is 12.5 Å². The predicted molar refractivity (Wildman–Crippen MR) is 81.6 cm³/mol. The number of amides is 1. The van der Waals surface area contributed by atoms with Gasteiger partial charge in [-0.1, -0.05) is 11.8 Å². The van der Waals surface area contributed by atoms with Crippen LogP contribution in [-0.2, 0) is 0 Å². The Morgan fingerprint density at radius 1 is 1.08 bits per heavy atom. The summed E-state index contributed by atoms with van der Waals surface area (Å²) >= 11 is 0. The second-order valence-corrected chi connectivity index (χ2v) is 4.55. The average Bonchev–Trinajstić information content (AvgIpc) is 2.47. The fraction of sp³-hybridized carbons (Fsp3) is 0.0625. The molecule has 4 N–H and O–H groups in total. The molecule has 0 atom stereocenters. The van der Waals surface area contributed by atoms with Crippen molar-refractivity contribution in [2.45, 2.75) is 6.36 Å². The molecule has 5 nitrogen and oxygen atoms in total. The van der Waals surface area contributed by atoms with Gasteiger partial charge < -0.3 is 15.6 Å². The molecular formula is C16H11F3N2O3. The third-order valence-electron chi connectivity index (χ3n) is 2.73. The molecule has 0 saturated carbocycles. The van der Waals surface area contributed by atoms with E-state index in [1.54, 1.807) is 6.07 Å². The summed E-state index contributed by atoms with van der Waals surface area (Å²) in [6, 6.07) is 9.61. The van der Waals surface area contributed by atoms with Gasteiger partial charge in [-0.05, 0) is 42.5 Å². The van der Waals surface area contributed by atoms with E-state index in [0.717, 1.165) is 12.1 Å². The van der Waals surface area contributed by atoms with Crippen LogP contribution in [0.4, 0.5) is 29.3 Å². The minimum absolute atomic E-state index is 0.207. The van der Waals surface area contributed by atoms with Crippen molar-refractivity contribution >= 4 is 17.5 Å². The molecule has 0 aliphatic carbocycles. The van der Waals surface area contributed by atoms with E-state index < -0.39 is 12.5 Å². The van der Waals surface area contributed by atoms with Gasteiger partial charge in [0.1, 0.15) is 5.75 Å². The maximum absolute atomic E-state index is 12.1. The Hall–Kier alpha value is -3.34. The molecular weight excluding hydrogens is 325 g/mol. The van der Waals surface area contributed by atoms with E-state index in [-0.39, 0.29) is 17.1 Å². The van der Waals surface area contributed by atoms with Crippen LogP contribution in [0.1, 0.15) is 11.1 Å². The quantitative estimate of drug-likeness (QED) is 0.577. The molecule has 0 radical (unpaired) electrons. The molecule has 0 heterocycles. The molecule has 0 fully saturated rings. The van der Waals surface area contributed by atoms with Crippen LogP contribution in [0.3, 0.4) is 0 Å². The number of rotatable bonds is 2. The van der Waals surface area contributed by atoms with Crippen LogP contribution in [0.2, 0.25) is 0 Å². The summed E-state index contributed by atoms with van der Waals surface area (Å²) in [5.41, 5.74) is 7.15. The Morgan fingerprint density at radius 2 is 1.67 bits per heavy atom. The lowest BCUT2D eigenvalue weighted by atomic mass is 10.1. The van der Waals surface area contributed by atoms with Gasteiger partial charge in [0.2, 0.25) is 0 Å². The van der Waals surface area contributed by atoms with Crippen LogP contribution in [0, 0.1) is 11.8 Å². The summed E-state index contributed by atoms with van der Waals surface area (Å²) in [5, 5.41) is 10.8. The Morgan fingerprint density at radius 3 is 2.21 bits per heavy atom. The average molecular weight is 336 g/mol. The summed E-state index contributed by atoms with van der Waals surface area (Å²) in [5.74, 6) is 5.21. The molecule has 0 unspecified atom stereocenters. The summed E-state index contributed by atoms with van der Waals surface area (Å²) < 4.78 is 39.9. The number of hydrogen-bond acceptors (Lipinski definition) is 3. The zero-order valence-electron chi connectivity index (χ0n) is 12.0. The fourth-order valence-electron chi connectivity index (χ4n) is 1.75. The number of halogens is 3. The molecule has 0 saturated heterocycles. The highest BCUT2D eigenvalue weighted by atomic mass is 19.4. The minimum Gasteiger partial charge on any atom is -0.465 e. The predicted octanol–water partition coefficient (Wildman–Crippen LogP) is 3.66. The van der Waals surface area contributed by atoms with Crippen molar-refractivity contribution in [3.8, 4) is 17.6 Å². The smallest absolute Gasteiger partial charge is 0.465 e. The van der Waals surface area contributed by atoms with E-state index in [1.165, 1.54) is 24.3 Å². The molecule has 0 aliphatic rings. The van der Waals surface area contributed by atoms with E-state index in [2.05, 4.69) is 21.9 Å². The highest BCUT2D eigenvalue weighted by Gasteiger charge is 2.30. The maximum Gasteiger partial charge on any atom is 0.573 e. The number of carboxylic acid groups (broad SMARTS) is 1. The molecule has 8 heteroatoms. The molecule has 24 heavy (non-hydrogen) atoms. The van der Waals surface area contributed by atoms with Crippen molar-refractivity contribution in [1.29, 1.82) is 0 Å². The summed E-state index contributed by atoms with van der Waals surface area (Å²) in [7, 11) is 0. The molecule has 0 bridgehead atoms. The van der Waals surface area contributed by atoms with Crippen molar-refractivity contribution in [2.75, 3.05) is 11.1 Å². The lowest BCUT2D eigenvalue weighted by Crippen LogP contribution is -2.16. The van der Waals surface area contributed by atoms with E-state index in [0.29, 0.717) is 11.1 Å². The number of benzene rings is 2. The van der Waals surface area contributed by atoms with Crippen molar-refractivity contribution in [2.24, 2.45) is 0 Å². The molecule has 2 aromatic rings. The Kier molecular flexibility index (Phi) is 4.84. The Balaban J connectivity index is 2.12. The third kappa shape index (κ3) is 5.14. The van der Waals surface area contributed by atoms with Gasteiger partial charge in [-0.25, -0.2) is 4.79 Å². The van der Waals surface area contributed by atoms with Crippen molar-refractivity contribution in [3.63, 3.8) is 0 Å². The largest absolute Gasteiger partial charge is 0.573 e. The number of anilines is 2. The summed E-state index contributed by atoms with van der Waals surface area (Å²) in [6.07, 6.45) is -5.97. The zero-order valence-corrected chi connectivity index (χ0v) is 12.0. The van der Waals surface area contributed by atoms with Gasteiger partial charge in [0.05, 0.1) is 11.4 Å². The van der Waals surface area contributed by atoms with Gasteiger partial charge in [0.15, 0.2) is 0 Å². The molecule has 0 spiro atoms. The van der Waals surface area contributed by atoms with Gasteiger partial charge in [-0.2, -0.15) is 0 Å². The van der Waals surface area contributed by atoms with Crippen molar-refractivity contribution < 1.29 is 27.8 Å². The van der Waals surface area contributed by atoms with Crippen molar-refractivity contribution in [1.82, 2.24) is 0 Å². The number of nitrogens with one attached hydrogen (secondary N) is 1. The van der Waals surface area contributed by atoms with Crippen LogP contribution < -0.4 is 15.8 Å². The first-order valence-electron chi connectivity index (χ1n) is 6.50. The number of nitrogen functional groups attached to an aromatic ring is 1. The first-order chi connectivity index (χ1) is 11.2. The van der Waals surface area contributed by atoms with Crippen LogP contribution in [-0.4, -0.2) is 17.6 Å². The molecule has 0 aliphatic heterocycles. The standard InChI is InChI=1S/C16H11F3N2O3/c17-16(18,19)24-12-6-3-10(4-7-12)1-2-11-5-8-14(13(20)9-11)21-15(22)23/h3-9,21H,20H2,(H,22,23). The van der Waals surface area contributed by atoms with Gasteiger partial charge in [0, 0.05) is 11.1 Å². The second kappa shape index (κ2) is 6.83. The van der Waals surface area contributed by atoms with Gasteiger partial charge in [0.25, 0.3) is 0 Å². The molecule has 2 rings (SSSR count). The molecule has 124 valence electrons. The lowest BCUT2D eigenvalue weighted by molar-refractivity contribution is -0.274. The van der Waals surface area contributed by atoms with Crippen LogP contribution >= 0.6 is 0 Å². The lowest BCUT2D eigenvalue weighted by Gasteiger charge is -2.08. The molecule has 2 aromatic carbocycles. The second-order valence-electron chi connectivity index (χ2n) is 4.55. The van der Waals surface area contributed by atoms with Crippen LogP contribution in [0.5, 0.6) is 5.75 Å². The summed E-state index contributed by atoms with van der Waals surface area (Å²) in [6.45, 7) is 0. The number of hydrogen-bond donors (Lipinski definition) is 3. The maximum atomic E-state index is 12.1. The highest BCUT2D eigenvalue weighted by Crippen LogP contribution is 2.23. The third-order valence-corrected chi connectivity index (χ3v) is 2.73. The first-order valence-corrected chi connectivity index (χ1v) is 6.50.